The fraction of sp³-hybridized carbons (Fsp3) is 0.444. The van der Waals surface area contributed by atoms with Gasteiger partial charge in [-0.15, -0.1) is 5.10 Å². The van der Waals surface area contributed by atoms with E-state index in [1.807, 2.05) is 0 Å². The lowest BCUT2D eigenvalue weighted by atomic mass is 10.1. The summed E-state index contributed by atoms with van der Waals surface area (Å²) in [6.07, 6.45) is -0.136. The van der Waals surface area contributed by atoms with Crippen LogP contribution in [0.5, 0.6) is 11.6 Å². The summed E-state index contributed by atoms with van der Waals surface area (Å²) in [4.78, 5) is 11.6. The first kappa shape index (κ1) is 22.4. The van der Waals surface area contributed by atoms with Gasteiger partial charge in [-0.25, -0.2) is 4.79 Å². The minimum atomic E-state index is -4.60. The van der Waals surface area contributed by atoms with Gasteiger partial charge in [-0.3, -0.25) is 0 Å². The molecule has 1 heterocycles. The van der Waals surface area contributed by atoms with Crippen molar-refractivity contribution in [3.63, 3.8) is 0 Å². The molecule has 154 valence electrons. The summed E-state index contributed by atoms with van der Waals surface area (Å²) < 4.78 is 45.3. The van der Waals surface area contributed by atoms with E-state index in [4.69, 9.17) is 33.7 Å². The van der Waals surface area contributed by atoms with Crippen LogP contribution in [0.2, 0.25) is 10.0 Å². The Morgan fingerprint density at radius 1 is 1.21 bits per heavy atom. The Balaban J connectivity index is 2.39. The van der Waals surface area contributed by atoms with Gasteiger partial charge in [0.2, 0.25) is 5.88 Å². The highest BCUT2D eigenvalue weighted by Crippen LogP contribution is 2.42. The van der Waals surface area contributed by atoms with Crippen molar-refractivity contribution in [2.75, 3.05) is 0 Å². The summed E-state index contributed by atoms with van der Waals surface area (Å²) in [5.41, 5.74) is 5.46. The Morgan fingerprint density at radius 2 is 1.82 bits per heavy atom. The zero-order valence-corrected chi connectivity index (χ0v) is 16.9. The van der Waals surface area contributed by atoms with E-state index in [2.05, 4.69) is 12.0 Å². The zero-order valence-electron chi connectivity index (χ0n) is 15.4. The number of ether oxygens (including phenoxy) is 1. The Kier molecular flexibility index (Phi) is 7.22. The maximum Gasteiger partial charge on any atom is 0.416 e. The smallest absolute Gasteiger partial charge is 0.416 e. The highest BCUT2D eigenvalue weighted by atomic mass is 35.5. The zero-order chi connectivity index (χ0) is 21.1. The largest absolute Gasteiger partial charge is 0.434 e. The molecule has 0 aliphatic carbocycles. The summed E-state index contributed by atoms with van der Waals surface area (Å²) in [5.74, 6) is -0.128. The van der Waals surface area contributed by atoms with Gasteiger partial charge in [-0.1, -0.05) is 49.4 Å². The number of carbonyl (C=O) groups excluding carboxylic acids is 1. The van der Waals surface area contributed by atoms with E-state index < -0.39 is 17.8 Å². The summed E-state index contributed by atoms with van der Waals surface area (Å²) in [5, 5.41) is 3.40. The number of primary amides is 1. The van der Waals surface area contributed by atoms with Gasteiger partial charge in [0.25, 0.3) is 0 Å². The molecule has 0 bridgehead atoms. The van der Waals surface area contributed by atoms with Gasteiger partial charge < -0.3 is 10.5 Å². The number of halogens is 5. The molecule has 0 spiro atoms. The van der Waals surface area contributed by atoms with E-state index in [1.54, 1.807) is 6.92 Å². The maximum absolute atomic E-state index is 12.9. The molecular weight excluding hydrogens is 418 g/mol. The maximum atomic E-state index is 12.9. The first-order chi connectivity index (χ1) is 13.1. The Labute approximate surface area is 170 Å². The third-order valence-corrected chi connectivity index (χ3v) is 4.78. The lowest BCUT2D eigenvalue weighted by molar-refractivity contribution is -0.137. The molecule has 0 aliphatic rings. The molecule has 10 heteroatoms. The van der Waals surface area contributed by atoms with Crippen molar-refractivity contribution < 1.29 is 22.7 Å². The fourth-order valence-corrected chi connectivity index (χ4v) is 3.30. The van der Waals surface area contributed by atoms with Crippen LogP contribution in [0.4, 0.5) is 18.0 Å². The van der Waals surface area contributed by atoms with Gasteiger partial charge in [0.1, 0.15) is 0 Å². The van der Waals surface area contributed by atoms with Gasteiger partial charge in [0, 0.05) is 5.56 Å². The summed E-state index contributed by atoms with van der Waals surface area (Å²) in [7, 11) is 0. The molecule has 0 unspecified atom stereocenters. The van der Waals surface area contributed by atoms with Gasteiger partial charge >= 0.3 is 12.2 Å². The van der Waals surface area contributed by atoms with Gasteiger partial charge in [0.15, 0.2) is 5.75 Å². The minimum absolute atomic E-state index is 0.0383. The molecule has 0 radical (unpaired) electrons. The molecule has 0 saturated heterocycles. The molecule has 0 fully saturated rings. The van der Waals surface area contributed by atoms with E-state index in [0.29, 0.717) is 17.7 Å². The number of aromatic nitrogens is 2. The lowest BCUT2D eigenvalue weighted by Gasteiger charge is -2.13. The van der Waals surface area contributed by atoms with Crippen LogP contribution in [0.1, 0.15) is 49.4 Å². The van der Waals surface area contributed by atoms with Crippen molar-refractivity contribution in [1.29, 1.82) is 0 Å². The third-order valence-electron chi connectivity index (χ3n) is 4.22. The predicted octanol–water partition coefficient (Wildman–Crippen LogP) is 6.36. The Morgan fingerprint density at radius 3 is 2.32 bits per heavy atom. The quantitative estimate of drug-likeness (QED) is 0.512. The van der Waals surface area contributed by atoms with E-state index in [-0.39, 0.29) is 21.7 Å². The van der Waals surface area contributed by atoms with Gasteiger partial charge in [0.05, 0.1) is 21.3 Å². The van der Waals surface area contributed by atoms with Crippen LogP contribution in [-0.2, 0) is 12.6 Å². The molecule has 0 aliphatic heterocycles. The molecule has 5 nitrogen and oxygen atoms in total. The number of nitrogens with zero attached hydrogens (tertiary/aromatic N) is 2. The summed E-state index contributed by atoms with van der Waals surface area (Å²) in [6, 6.07) is 0.648. The highest BCUT2D eigenvalue weighted by molar-refractivity contribution is 6.37. The highest BCUT2D eigenvalue weighted by Gasteiger charge is 2.32. The number of carbonyl (C=O) groups is 1. The normalized spacial score (nSPS) is 11.7. The number of hydrogen-bond donors (Lipinski definition) is 1. The van der Waals surface area contributed by atoms with Crippen LogP contribution in [0.15, 0.2) is 12.1 Å². The van der Waals surface area contributed by atoms with Crippen molar-refractivity contribution in [3.8, 4) is 11.6 Å². The van der Waals surface area contributed by atoms with Gasteiger partial charge in [-0.05, 0) is 31.9 Å². The van der Waals surface area contributed by atoms with Crippen LogP contribution in [0.25, 0.3) is 0 Å². The van der Waals surface area contributed by atoms with Crippen molar-refractivity contribution in [2.45, 2.75) is 52.1 Å². The molecule has 0 saturated carbocycles. The first-order valence-electron chi connectivity index (χ1n) is 8.68. The lowest BCUT2D eigenvalue weighted by Crippen LogP contribution is -2.22. The molecule has 0 atom stereocenters. The fourth-order valence-electron chi connectivity index (χ4n) is 2.74. The van der Waals surface area contributed by atoms with E-state index in [1.165, 1.54) is 0 Å². The molecule has 2 rings (SSSR count). The predicted molar refractivity (Wildman–Crippen MR) is 101 cm³/mol. The SMILES string of the molecule is CCCCCCc1c(Oc2c(Cl)cc(C(F)(F)F)cc2Cl)nn(C(N)=O)c1C. The number of alkyl halides is 3. The number of unbranched alkanes of at least 4 members (excludes halogenated alkanes) is 3. The van der Waals surface area contributed by atoms with Crippen molar-refractivity contribution >= 4 is 29.2 Å². The van der Waals surface area contributed by atoms with E-state index >= 15 is 0 Å². The summed E-state index contributed by atoms with van der Waals surface area (Å²) in [6.45, 7) is 3.75. The number of benzene rings is 1. The van der Waals surface area contributed by atoms with Crippen LogP contribution in [0.3, 0.4) is 0 Å². The molecule has 1 aromatic heterocycles. The minimum Gasteiger partial charge on any atom is -0.434 e. The van der Waals surface area contributed by atoms with Gasteiger partial charge in [-0.2, -0.15) is 17.9 Å². The van der Waals surface area contributed by atoms with Crippen LogP contribution < -0.4 is 10.5 Å². The average Bonchev–Trinajstić information content (AvgIpc) is 2.90. The summed E-state index contributed by atoms with van der Waals surface area (Å²) >= 11 is 11.9. The second kappa shape index (κ2) is 9.05. The number of hydrogen-bond acceptors (Lipinski definition) is 3. The molecular formula is C18H20Cl2F3N3O2. The molecule has 2 N–H and O–H groups in total. The molecule has 2 aromatic rings. The Hall–Kier alpha value is -1.93. The van der Waals surface area contributed by atoms with Crippen LogP contribution >= 0.6 is 23.2 Å². The van der Waals surface area contributed by atoms with E-state index in [0.717, 1.165) is 42.5 Å². The van der Waals surface area contributed by atoms with E-state index in [9.17, 15) is 18.0 Å². The third kappa shape index (κ3) is 5.11. The number of amides is 1. The standard InChI is InChI=1S/C18H20Cl2F3N3O2/c1-3-4-5-6-7-12-10(2)26(17(24)27)25-16(12)28-15-13(19)8-11(9-14(15)20)18(21,22)23/h8-9H,3-7H2,1-2H3,(H2,24,27). The van der Waals surface area contributed by atoms with Crippen molar-refractivity contribution in [1.82, 2.24) is 9.78 Å². The topological polar surface area (TPSA) is 70.1 Å². The number of nitrogens with two attached hydrogens (primary N) is 1. The van der Waals surface area contributed by atoms with Crippen molar-refractivity contribution in [2.24, 2.45) is 5.73 Å². The molecule has 28 heavy (non-hydrogen) atoms. The second-order valence-electron chi connectivity index (χ2n) is 6.30. The molecule has 1 aromatic carbocycles. The van der Waals surface area contributed by atoms with Crippen molar-refractivity contribution in [3.05, 3.63) is 39.0 Å². The van der Waals surface area contributed by atoms with Crippen LogP contribution in [0, 0.1) is 6.92 Å². The Bertz CT molecular complexity index is 843. The van der Waals surface area contributed by atoms with Crippen LogP contribution in [-0.4, -0.2) is 15.8 Å². The second-order valence-corrected chi connectivity index (χ2v) is 7.11. The number of rotatable bonds is 7. The monoisotopic (exact) mass is 437 g/mol. The first-order valence-corrected chi connectivity index (χ1v) is 9.44. The average molecular weight is 438 g/mol. The molecule has 1 amide bonds.